The van der Waals surface area contributed by atoms with Crippen molar-refractivity contribution in [3.05, 3.63) is 35.4 Å². The summed E-state index contributed by atoms with van der Waals surface area (Å²) < 4.78 is 24.8. The third kappa shape index (κ3) is 4.41. The van der Waals surface area contributed by atoms with Crippen molar-refractivity contribution in [3.8, 4) is 0 Å². The predicted octanol–water partition coefficient (Wildman–Crippen LogP) is 1.04. The van der Waals surface area contributed by atoms with Crippen LogP contribution in [0.4, 0.5) is 0 Å². The Kier molecular flexibility index (Phi) is 4.62. The Morgan fingerprint density at radius 1 is 1.35 bits per heavy atom. The number of rotatable bonds is 5. The molecule has 17 heavy (non-hydrogen) atoms. The van der Waals surface area contributed by atoms with E-state index in [4.69, 9.17) is 5.73 Å². The second-order valence-electron chi connectivity index (χ2n) is 3.96. The van der Waals surface area contributed by atoms with E-state index in [0.717, 1.165) is 11.1 Å². The summed E-state index contributed by atoms with van der Waals surface area (Å²) >= 11 is 4.62. The van der Waals surface area contributed by atoms with Gasteiger partial charge in [0.25, 0.3) is 0 Å². The molecule has 1 aromatic rings. The van der Waals surface area contributed by atoms with Gasteiger partial charge in [0.05, 0.1) is 4.99 Å². The molecular formula is C11H16N2O2S2. The molecule has 94 valence electrons. The van der Waals surface area contributed by atoms with Gasteiger partial charge in [-0.2, -0.15) is 0 Å². The van der Waals surface area contributed by atoms with Gasteiger partial charge >= 0.3 is 0 Å². The van der Waals surface area contributed by atoms with Crippen molar-refractivity contribution in [2.75, 3.05) is 12.8 Å². The molecule has 4 nitrogen and oxygen atoms in total. The third-order valence-corrected chi connectivity index (χ3v) is 4.41. The Morgan fingerprint density at radius 3 is 2.35 bits per heavy atom. The van der Waals surface area contributed by atoms with Crippen LogP contribution in [0.15, 0.2) is 24.3 Å². The molecule has 0 amide bonds. The monoisotopic (exact) mass is 272 g/mol. The summed E-state index contributed by atoms with van der Waals surface area (Å²) in [5.41, 5.74) is 7.33. The van der Waals surface area contributed by atoms with E-state index in [1.165, 1.54) is 11.4 Å². The number of nitrogens with two attached hydrogens (primary N) is 1. The van der Waals surface area contributed by atoms with Crippen molar-refractivity contribution >= 4 is 27.2 Å². The Hall–Kier alpha value is -0.980. The molecule has 0 aliphatic rings. The number of aryl methyl sites for hydroxylation is 1. The lowest BCUT2D eigenvalue weighted by atomic mass is 10.1. The SMILES string of the molecule is Cc1ccc(CN(C)S(=O)(=O)CC(N)=S)cc1. The minimum absolute atomic E-state index is 0.0132. The van der Waals surface area contributed by atoms with E-state index in [2.05, 4.69) is 12.2 Å². The van der Waals surface area contributed by atoms with Crippen LogP contribution >= 0.6 is 12.2 Å². The molecule has 0 saturated heterocycles. The first-order chi connectivity index (χ1) is 7.81. The van der Waals surface area contributed by atoms with Gasteiger partial charge in [-0.3, -0.25) is 0 Å². The molecular weight excluding hydrogens is 256 g/mol. The van der Waals surface area contributed by atoms with Crippen LogP contribution in [0.1, 0.15) is 11.1 Å². The average molecular weight is 272 g/mol. The molecule has 0 atom stereocenters. The molecule has 0 heterocycles. The van der Waals surface area contributed by atoms with Crippen molar-refractivity contribution in [2.24, 2.45) is 5.73 Å². The largest absolute Gasteiger partial charge is 0.392 e. The molecule has 0 spiro atoms. The van der Waals surface area contributed by atoms with Gasteiger partial charge in [0.15, 0.2) is 0 Å². The number of thiocarbonyl (C=S) groups is 1. The first-order valence-corrected chi connectivity index (χ1v) is 7.11. The van der Waals surface area contributed by atoms with Crippen LogP contribution < -0.4 is 5.73 Å². The molecule has 1 rings (SSSR count). The van der Waals surface area contributed by atoms with E-state index < -0.39 is 10.0 Å². The highest BCUT2D eigenvalue weighted by Gasteiger charge is 2.18. The first kappa shape index (κ1) is 14.1. The van der Waals surface area contributed by atoms with Gasteiger partial charge in [0.1, 0.15) is 5.75 Å². The van der Waals surface area contributed by atoms with Crippen molar-refractivity contribution < 1.29 is 8.42 Å². The van der Waals surface area contributed by atoms with Crippen LogP contribution in [-0.4, -0.2) is 30.5 Å². The minimum Gasteiger partial charge on any atom is -0.392 e. The lowest BCUT2D eigenvalue weighted by Gasteiger charge is -2.16. The molecule has 0 bridgehead atoms. The van der Waals surface area contributed by atoms with Gasteiger partial charge in [0.2, 0.25) is 10.0 Å². The van der Waals surface area contributed by atoms with Crippen LogP contribution in [0, 0.1) is 6.92 Å². The molecule has 6 heteroatoms. The third-order valence-electron chi connectivity index (χ3n) is 2.33. The van der Waals surface area contributed by atoms with Crippen LogP contribution in [0.3, 0.4) is 0 Å². The predicted molar refractivity (Wildman–Crippen MR) is 73.2 cm³/mol. The topological polar surface area (TPSA) is 63.4 Å². The zero-order chi connectivity index (χ0) is 13.1. The fourth-order valence-corrected chi connectivity index (χ4v) is 2.71. The standard InChI is InChI=1S/C11H16N2O2S2/c1-9-3-5-10(6-4-9)7-13(2)17(14,15)8-11(12)16/h3-6H,7-8H2,1-2H3,(H2,12,16). The van der Waals surface area contributed by atoms with Crippen LogP contribution in [-0.2, 0) is 16.6 Å². The van der Waals surface area contributed by atoms with E-state index in [1.807, 2.05) is 31.2 Å². The molecule has 1 aromatic carbocycles. The van der Waals surface area contributed by atoms with Gasteiger partial charge < -0.3 is 5.73 Å². The van der Waals surface area contributed by atoms with Gasteiger partial charge in [-0.15, -0.1) is 0 Å². The maximum absolute atomic E-state index is 11.8. The molecule has 0 radical (unpaired) electrons. The normalized spacial score (nSPS) is 11.7. The van der Waals surface area contributed by atoms with Crippen LogP contribution in [0.25, 0.3) is 0 Å². The summed E-state index contributed by atoms with van der Waals surface area (Å²) in [7, 11) is -1.88. The zero-order valence-electron chi connectivity index (χ0n) is 9.88. The molecule has 2 N–H and O–H groups in total. The van der Waals surface area contributed by atoms with Gasteiger partial charge in [-0.05, 0) is 12.5 Å². The maximum Gasteiger partial charge on any atom is 0.220 e. The van der Waals surface area contributed by atoms with Gasteiger partial charge in [-0.25, -0.2) is 12.7 Å². The van der Waals surface area contributed by atoms with E-state index in [9.17, 15) is 8.42 Å². The first-order valence-electron chi connectivity index (χ1n) is 5.09. The number of sulfonamides is 1. The van der Waals surface area contributed by atoms with Crippen LogP contribution in [0.2, 0.25) is 0 Å². The Balaban J connectivity index is 2.75. The number of hydrogen-bond donors (Lipinski definition) is 1. The summed E-state index contributed by atoms with van der Waals surface area (Å²) in [5, 5.41) is 0. The second kappa shape index (κ2) is 5.57. The quantitative estimate of drug-likeness (QED) is 0.814. The highest BCUT2D eigenvalue weighted by atomic mass is 32.2. The summed E-state index contributed by atoms with van der Waals surface area (Å²) in [6.45, 7) is 2.31. The molecule has 0 unspecified atom stereocenters. The van der Waals surface area contributed by atoms with Gasteiger partial charge in [-0.1, -0.05) is 42.0 Å². The van der Waals surface area contributed by atoms with E-state index in [0.29, 0.717) is 6.54 Å². The summed E-state index contributed by atoms with van der Waals surface area (Å²) in [6.07, 6.45) is 0. The molecule has 0 fully saturated rings. The van der Waals surface area contributed by atoms with E-state index in [-0.39, 0.29) is 10.7 Å². The van der Waals surface area contributed by atoms with Crippen molar-refractivity contribution in [1.29, 1.82) is 0 Å². The summed E-state index contributed by atoms with van der Waals surface area (Å²) in [5.74, 6) is -0.287. The van der Waals surface area contributed by atoms with Crippen molar-refractivity contribution in [2.45, 2.75) is 13.5 Å². The van der Waals surface area contributed by atoms with Crippen LogP contribution in [0.5, 0.6) is 0 Å². The fraction of sp³-hybridized carbons (Fsp3) is 0.364. The molecule has 0 aliphatic carbocycles. The number of nitrogens with zero attached hydrogens (tertiary/aromatic N) is 1. The van der Waals surface area contributed by atoms with Gasteiger partial charge in [0, 0.05) is 13.6 Å². The zero-order valence-corrected chi connectivity index (χ0v) is 11.5. The highest BCUT2D eigenvalue weighted by Crippen LogP contribution is 2.09. The molecule has 0 aliphatic heterocycles. The molecule has 0 saturated carbocycles. The van der Waals surface area contributed by atoms with E-state index in [1.54, 1.807) is 0 Å². The van der Waals surface area contributed by atoms with Crippen molar-refractivity contribution in [1.82, 2.24) is 4.31 Å². The highest BCUT2D eigenvalue weighted by molar-refractivity contribution is 7.92. The van der Waals surface area contributed by atoms with Crippen molar-refractivity contribution in [3.63, 3.8) is 0 Å². The minimum atomic E-state index is -3.40. The lowest BCUT2D eigenvalue weighted by molar-refractivity contribution is 0.470. The Morgan fingerprint density at radius 2 is 1.88 bits per heavy atom. The Labute approximate surface area is 107 Å². The average Bonchev–Trinajstić information content (AvgIpc) is 2.19. The molecule has 0 aromatic heterocycles. The summed E-state index contributed by atoms with van der Waals surface area (Å²) in [4.78, 5) is -0.0132. The Bertz CT molecular complexity index is 495. The smallest absolute Gasteiger partial charge is 0.220 e. The number of benzene rings is 1. The maximum atomic E-state index is 11.8. The fourth-order valence-electron chi connectivity index (χ4n) is 1.34. The second-order valence-corrected chi connectivity index (χ2v) is 6.56. The van der Waals surface area contributed by atoms with E-state index >= 15 is 0 Å². The number of hydrogen-bond acceptors (Lipinski definition) is 3. The lowest BCUT2D eigenvalue weighted by Crippen LogP contribution is -2.33. The summed E-state index contributed by atoms with van der Waals surface area (Å²) in [6, 6.07) is 7.71.